The second kappa shape index (κ2) is 10.4. The minimum Gasteiger partial charge on any atom is -0.508 e. The zero-order valence-electron chi connectivity index (χ0n) is 20.6. The Hall–Kier alpha value is -3.30. The van der Waals surface area contributed by atoms with Crippen molar-refractivity contribution in [2.45, 2.75) is 48.7 Å². The number of aromatic hydroxyl groups is 1. The molecule has 6 N–H and O–H groups in total. The Balaban J connectivity index is 1.50. The van der Waals surface area contributed by atoms with E-state index in [1.54, 1.807) is 6.08 Å². The highest BCUT2D eigenvalue weighted by Crippen LogP contribution is 2.53. The van der Waals surface area contributed by atoms with Crippen molar-refractivity contribution in [1.29, 1.82) is 0 Å². The maximum absolute atomic E-state index is 13.0. The van der Waals surface area contributed by atoms with Crippen LogP contribution in [0.5, 0.6) is 5.75 Å². The summed E-state index contributed by atoms with van der Waals surface area (Å²) in [5, 5.41) is 61.2. The molecule has 1 aromatic rings. The Labute approximate surface area is 221 Å². The summed E-state index contributed by atoms with van der Waals surface area (Å²) in [7, 11) is 1.17. The van der Waals surface area contributed by atoms with Gasteiger partial charge in [-0.3, -0.25) is 0 Å². The molecule has 1 aliphatic carbocycles. The number of carbonyl (C=O) groups excluding carboxylic acids is 2. The summed E-state index contributed by atoms with van der Waals surface area (Å²) >= 11 is 0. The number of aliphatic hydroxyl groups is 5. The maximum atomic E-state index is 13.0. The number of esters is 2. The van der Waals surface area contributed by atoms with Crippen LogP contribution in [0.1, 0.15) is 5.56 Å². The van der Waals surface area contributed by atoms with Crippen LogP contribution in [0.4, 0.5) is 0 Å². The summed E-state index contributed by atoms with van der Waals surface area (Å²) in [5.41, 5.74) is -1.34. The van der Waals surface area contributed by atoms with E-state index in [1.807, 2.05) is 0 Å². The van der Waals surface area contributed by atoms with Gasteiger partial charge >= 0.3 is 11.9 Å². The minimum atomic E-state index is -1.78. The van der Waals surface area contributed by atoms with Crippen LogP contribution >= 0.6 is 0 Å². The Morgan fingerprint density at radius 3 is 2.46 bits per heavy atom. The lowest BCUT2D eigenvalue weighted by atomic mass is 9.76. The van der Waals surface area contributed by atoms with Gasteiger partial charge in [-0.25, -0.2) is 9.59 Å². The molecule has 2 fully saturated rings. The predicted molar refractivity (Wildman–Crippen MR) is 127 cm³/mol. The van der Waals surface area contributed by atoms with Crippen LogP contribution in [-0.2, 0) is 33.3 Å². The number of rotatable bonds is 5. The van der Waals surface area contributed by atoms with Gasteiger partial charge < -0.3 is 54.3 Å². The van der Waals surface area contributed by atoms with E-state index < -0.39 is 79.1 Å². The van der Waals surface area contributed by atoms with E-state index in [-0.39, 0.29) is 16.9 Å². The smallest absolute Gasteiger partial charge is 0.337 e. The second-order valence-corrected chi connectivity index (χ2v) is 9.65. The molecule has 13 heteroatoms. The van der Waals surface area contributed by atoms with Crippen molar-refractivity contribution >= 4 is 18.0 Å². The number of allylic oxidation sites excluding steroid dienone is 1. The van der Waals surface area contributed by atoms with Gasteiger partial charge in [0.1, 0.15) is 36.3 Å². The average molecular weight is 548 g/mol. The van der Waals surface area contributed by atoms with Crippen molar-refractivity contribution < 1.29 is 63.9 Å². The zero-order valence-corrected chi connectivity index (χ0v) is 20.6. The van der Waals surface area contributed by atoms with Crippen LogP contribution in [0.15, 0.2) is 53.8 Å². The van der Waals surface area contributed by atoms with E-state index in [4.69, 9.17) is 23.7 Å². The van der Waals surface area contributed by atoms with Gasteiger partial charge in [-0.05, 0) is 29.8 Å². The number of fused-ring (bicyclic) bond motifs is 2. The summed E-state index contributed by atoms with van der Waals surface area (Å²) in [6.07, 6.45) is -5.52. The molecular formula is C26H28O13. The molecule has 13 nitrogen and oxygen atoms in total. The number of carbonyl (C=O) groups is 2. The van der Waals surface area contributed by atoms with Crippen molar-refractivity contribution in [2.24, 2.45) is 11.8 Å². The van der Waals surface area contributed by atoms with E-state index in [1.165, 1.54) is 43.5 Å². The van der Waals surface area contributed by atoms with Crippen molar-refractivity contribution in [3.05, 3.63) is 59.4 Å². The number of hydrogen-bond donors (Lipinski definition) is 6. The number of ether oxygens (including phenoxy) is 5. The molecule has 2 saturated heterocycles. The van der Waals surface area contributed by atoms with Gasteiger partial charge in [-0.2, -0.15) is 0 Å². The largest absolute Gasteiger partial charge is 0.508 e. The fourth-order valence-corrected chi connectivity index (χ4v) is 5.37. The highest BCUT2D eigenvalue weighted by atomic mass is 16.8. The molecule has 0 bridgehead atoms. The normalized spacial score (nSPS) is 40.3. The topological polar surface area (TPSA) is 202 Å². The molecular weight excluding hydrogens is 520 g/mol. The van der Waals surface area contributed by atoms with Crippen LogP contribution in [0, 0.1) is 11.8 Å². The first-order valence-corrected chi connectivity index (χ1v) is 12.1. The molecule has 5 rings (SSSR count). The Bertz CT molecular complexity index is 1200. The molecule has 210 valence electrons. The Morgan fingerprint density at radius 1 is 1.08 bits per heavy atom. The van der Waals surface area contributed by atoms with Crippen LogP contribution < -0.4 is 0 Å². The molecule has 3 aliphatic heterocycles. The van der Waals surface area contributed by atoms with E-state index in [9.17, 15) is 40.2 Å². The standard InChI is InChI=1S/C26H28O13/c1-35-22(33)15-10-36-24(38-25-20(31)19(30)18(29)16(9-27)37-25)17-13(15)6-7-26(17)21(32)14(23(34)39-26)8-11-2-4-12(28)5-3-11/h2-8,10,13,16-21,24-25,27-32H,9H2,1H3/b14-8+/t13-,16-,17-,18-,19+,20-,21-,24+,25+,26-/m1/s1. The average Bonchev–Trinajstić information content (AvgIpc) is 3.43. The fraction of sp³-hybridized carbons (Fsp3) is 0.462. The molecule has 1 aromatic carbocycles. The number of methoxy groups -OCH3 is 1. The van der Waals surface area contributed by atoms with Gasteiger partial charge in [0.2, 0.25) is 6.29 Å². The monoisotopic (exact) mass is 548 g/mol. The molecule has 0 aromatic heterocycles. The predicted octanol–water partition coefficient (Wildman–Crippen LogP) is -1.54. The lowest BCUT2D eigenvalue weighted by Gasteiger charge is -2.45. The molecule has 0 unspecified atom stereocenters. The molecule has 0 radical (unpaired) electrons. The minimum absolute atomic E-state index is 0.0133. The third kappa shape index (κ3) is 4.51. The lowest BCUT2D eigenvalue weighted by Crippen LogP contribution is -2.61. The van der Waals surface area contributed by atoms with Gasteiger partial charge in [0.15, 0.2) is 11.9 Å². The van der Waals surface area contributed by atoms with E-state index in [0.29, 0.717) is 5.56 Å². The quantitative estimate of drug-likeness (QED) is 0.141. The molecule has 3 heterocycles. The molecule has 10 atom stereocenters. The van der Waals surface area contributed by atoms with E-state index in [0.717, 1.165) is 6.26 Å². The molecule has 4 aliphatic rings. The Kier molecular flexibility index (Phi) is 7.24. The number of aliphatic hydroxyl groups excluding tert-OH is 5. The second-order valence-electron chi connectivity index (χ2n) is 9.65. The van der Waals surface area contributed by atoms with E-state index >= 15 is 0 Å². The van der Waals surface area contributed by atoms with Crippen molar-refractivity contribution in [2.75, 3.05) is 13.7 Å². The number of phenols is 1. The van der Waals surface area contributed by atoms with Crippen LogP contribution in [-0.4, -0.2) is 105 Å². The third-order valence-corrected chi connectivity index (χ3v) is 7.43. The van der Waals surface area contributed by atoms with Crippen molar-refractivity contribution in [3.8, 4) is 5.75 Å². The first kappa shape index (κ1) is 27.3. The van der Waals surface area contributed by atoms with Crippen molar-refractivity contribution in [1.82, 2.24) is 0 Å². The fourth-order valence-electron chi connectivity index (χ4n) is 5.37. The summed E-state index contributed by atoms with van der Waals surface area (Å²) in [6.45, 7) is -0.692. The van der Waals surface area contributed by atoms with Crippen LogP contribution in [0.3, 0.4) is 0 Å². The molecule has 1 spiro atoms. The van der Waals surface area contributed by atoms with Gasteiger partial charge in [0.25, 0.3) is 0 Å². The Morgan fingerprint density at radius 2 is 1.79 bits per heavy atom. The molecule has 0 saturated carbocycles. The summed E-state index contributed by atoms with van der Waals surface area (Å²) in [5.74, 6) is -3.51. The number of benzene rings is 1. The van der Waals surface area contributed by atoms with Gasteiger partial charge in [0, 0.05) is 5.92 Å². The maximum Gasteiger partial charge on any atom is 0.337 e. The first-order chi connectivity index (χ1) is 18.6. The van der Waals surface area contributed by atoms with Crippen molar-refractivity contribution in [3.63, 3.8) is 0 Å². The van der Waals surface area contributed by atoms with Crippen LogP contribution in [0.25, 0.3) is 6.08 Å². The highest BCUT2D eigenvalue weighted by Gasteiger charge is 2.65. The number of phenolic OH excluding ortho intramolecular Hbond substituents is 1. The summed E-state index contributed by atoms with van der Waals surface area (Å²) in [6, 6.07) is 5.89. The zero-order chi connectivity index (χ0) is 28.1. The van der Waals surface area contributed by atoms with Gasteiger partial charge in [-0.1, -0.05) is 18.2 Å². The summed E-state index contributed by atoms with van der Waals surface area (Å²) < 4.78 is 27.5. The SMILES string of the molecule is COC(=O)C1=CO[C@@H](O[C@@H]2O[C@H](CO)[C@@H](O)[C@H](O)[C@H]2O)[C@H]2[C@@H]1C=C[C@@]21OC(=O)/C(=C/c2ccc(O)cc2)[C@H]1O. The summed E-state index contributed by atoms with van der Waals surface area (Å²) in [4.78, 5) is 25.5. The van der Waals surface area contributed by atoms with Crippen LogP contribution in [0.2, 0.25) is 0 Å². The number of hydrogen-bond acceptors (Lipinski definition) is 13. The van der Waals surface area contributed by atoms with Gasteiger partial charge in [0.05, 0.1) is 37.0 Å². The molecule has 0 amide bonds. The third-order valence-electron chi connectivity index (χ3n) is 7.43. The first-order valence-electron chi connectivity index (χ1n) is 12.1. The molecule has 39 heavy (non-hydrogen) atoms. The lowest BCUT2D eigenvalue weighted by molar-refractivity contribution is -0.346. The van der Waals surface area contributed by atoms with E-state index in [2.05, 4.69) is 0 Å². The highest BCUT2D eigenvalue weighted by molar-refractivity contribution is 5.98. The van der Waals surface area contributed by atoms with Gasteiger partial charge in [-0.15, -0.1) is 0 Å².